The van der Waals surface area contributed by atoms with Crippen LogP contribution >= 0.6 is 0 Å². The molecule has 0 aromatic heterocycles. The van der Waals surface area contributed by atoms with E-state index in [0.29, 0.717) is 23.1 Å². The molecule has 2 fully saturated rings. The molecule has 1 aromatic carbocycles. The second-order valence-corrected chi connectivity index (χ2v) is 8.21. The highest BCUT2D eigenvalue weighted by Crippen LogP contribution is 2.34. The van der Waals surface area contributed by atoms with E-state index in [1.807, 2.05) is 0 Å². The molecule has 1 N–H and O–H groups in total. The Bertz CT molecular complexity index is 692. The van der Waals surface area contributed by atoms with Crippen LogP contribution in [0.15, 0.2) is 18.2 Å². The third kappa shape index (κ3) is 4.40. The van der Waals surface area contributed by atoms with E-state index in [1.165, 1.54) is 6.07 Å². The number of nitro groups is 1. The van der Waals surface area contributed by atoms with E-state index in [0.717, 1.165) is 45.4 Å². The highest BCUT2D eigenvalue weighted by molar-refractivity contribution is 5.96. The Hall–Kier alpha value is -2.15. The van der Waals surface area contributed by atoms with E-state index < -0.39 is 0 Å². The van der Waals surface area contributed by atoms with Crippen LogP contribution in [0.5, 0.6) is 0 Å². The minimum atomic E-state index is -0.361. The Kier molecular flexibility index (Phi) is 5.99. The van der Waals surface area contributed by atoms with Gasteiger partial charge in [0.05, 0.1) is 4.92 Å². The molecule has 0 radical (unpaired) electrons. The average Bonchev–Trinajstić information content (AvgIpc) is 2.66. The molecule has 3 rings (SSSR count). The largest absolute Gasteiger partial charge is 0.365 e. The number of hydrogen-bond donors (Lipinski definition) is 1. The van der Waals surface area contributed by atoms with Gasteiger partial charge in [-0.05, 0) is 56.3 Å². The maximum atomic E-state index is 12.9. The number of benzene rings is 1. The number of anilines is 1. The quantitative estimate of drug-likeness (QED) is 0.648. The summed E-state index contributed by atoms with van der Waals surface area (Å²) in [6.07, 6.45) is 2.96. The average molecular weight is 374 g/mol. The molecule has 2 heterocycles. The van der Waals surface area contributed by atoms with Gasteiger partial charge in [0.25, 0.3) is 11.6 Å². The Morgan fingerprint density at radius 1 is 1.22 bits per heavy atom. The van der Waals surface area contributed by atoms with Gasteiger partial charge < -0.3 is 15.1 Å². The first-order valence-electron chi connectivity index (χ1n) is 9.88. The molecule has 0 aliphatic carbocycles. The fraction of sp³-hybridized carbons (Fsp3) is 0.650. The Morgan fingerprint density at radius 2 is 1.85 bits per heavy atom. The summed E-state index contributed by atoms with van der Waals surface area (Å²) in [6, 6.07) is 5.14. The number of nitro benzene ring substituents is 1. The Labute approximate surface area is 160 Å². The number of amides is 1. The minimum Gasteiger partial charge on any atom is -0.365 e. The van der Waals surface area contributed by atoms with Crippen molar-refractivity contribution in [3.05, 3.63) is 33.9 Å². The molecule has 1 amide bonds. The van der Waals surface area contributed by atoms with E-state index in [1.54, 1.807) is 24.1 Å². The van der Waals surface area contributed by atoms with Crippen molar-refractivity contribution in [2.45, 2.75) is 39.2 Å². The fourth-order valence-electron chi connectivity index (χ4n) is 4.49. The molecular weight excluding hydrogens is 344 g/mol. The Balaban J connectivity index is 1.84. The lowest BCUT2D eigenvalue weighted by Gasteiger charge is -2.36. The smallest absolute Gasteiger partial charge is 0.293 e. The van der Waals surface area contributed by atoms with Gasteiger partial charge in [0.1, 0.15) is 5.69 Å². The predicted octanol–water partition coefficient (Wildman–Crippen LogP) is 2.90. The monoisotopic (exact) mass is 374 g/mol. The number of nitrogens with zero attached hydrogens (tertiary/aromatic N) is 3. The second kappa shape index (κ2) is 8.25. The molecule has 2 aliphatic rings. The van der Waals surface area contributed by atoms with Crippen molar-refractivity contribution in [2.24, 2.45) is 11.8 Å². The van der Waals surface area contributed by atoms with E-state index in [2.05, 4.69) is 24.1 Å². The molecule has 27 heavy (non-hydrogen) atoms. The fourth-order valence-corrected chi connectivity index (χ4v) is 4.49. The zero-order valence-corrected chi connectivity index (χ0v) is 16.5. The van der Waals surface area contributed by atoms with Gasteiger partial charge in [0.15, 0.2) is 0 Å². The van der Waals surface area contributed by atoms with Crippen molar-refractivity contribution >= 4 is 17.3 Å². The zero-order chi connectivity index (χ0) is 19.6. The Morgan fingerprint density at radius 3 is 2.44 bits per heavy atom. The first-order chi connectivity index (χ1) is 12.9. The lowest BCUT2D eigenvalue weighted by atomic mass is 9.91. The topological polar surface area (TPSA) is 78.7 Å². The second-order valence-electron chi connectivity index (χ2n) is 8.21. The summed E-state index contributed by atoms with van der Waals surface area (Å²) in [6.45, 7) is 7.78. The number of nitrogens with one attached hydrogen (secondary N) is 1. The van der Waals surface area contributed by atoms with Crippen LogP contribution in [0.25, 0.3) is 0 Å². The van der Waals surface area contributed by atoms with Gasteiger partial charge >= 0.3 is 0 Å². The summed E-state index contributed by atoms with van der Waals surface area (Å²) in [5, 5.41) is 15.0. The summed E-state index contributed by atoms with van der Waals surface area (Å²) in [5.41, 5.74) is 1.05. The van der Waals surface area contributed by atoms with Crippen molar-refractivity contribution in [1.82, 2.24) is 10.2 Å². The zero-order valence-electron chi connectivity index (χ0n) is 16.5. The lowest BCUT2D eigenvalue weighted by Crippen LogP contribution is -2.44. The van der Waals surface area contributed by atoms with Crippen LogP contribution < -0.4 is 10.2 Å². The van der Waals surface area contributed by atoms with Crippen LogP contribution in [-0.4, -0.2) is 55.0 Å². The van der Waals surface area contributed by atoms with Gasteiger partial charge in [-0.2, -0.15) is 0 Å². The predicted molar refractivity (Wildman–Crippen MR) is 106 cm³/mol. The third-order valence-corrected chi connectivity index (χ3v) is 5.81. The molecule has 148 valence electrons. The van der Waals surface area contributed by atoms with Gasteiger partial charge in [0.2, 0.25) is 0 Å². The molecule has 2 saturated heterocycles. The van der Waals surface area contributed by atoms with Crippen molar-refractivity contribution in [1.29, 1.82) is 0 Å². The van der Waals surface area contributed by atoms with Crippen LogP contribution in [0.4, 0.5) is 11.4 Å². The summed E-state index contributed by atoms with van der Waals surface area (Å²) < 4.78 is 0. The molecule has 2 aliphatic heterocycles. The van der Waals surface area contributed by atoms with Crippen LogP contribution in [0, 0.1) is 22.0 Å². The molecule has 2 unspecified atom stereocenters. The molecule has 0 saturated carbocycles. The first-order valence-corrected chi connectivity index (χ1v) is 9.88. The van der Waals surface area contributed by atoms with Crippen molar-refractivity contribution in [2.75, 3.05) is 38.1 Å². The number of carbonyl (C=O) groups is 1. The molecule has 7 nitrogen and oxygen atoms in total. The normalized spacial score (nSPS) is 23.9. The molecule has 2 atom stereocenters. The number of rotatable bonds is 4. The van der Waals surface area contributed by atoms with Crippen LogP contribution in [-0.2, 0) is 0 Å². The maximum Gasteiger partial charge on any atom is 0.293 e. The van der Waals surface area contributed by atoms with Gasteiger partial charge in [0, 0.05) is 37.8 Å². The summed E-state index contributed by atoms with van der Waals surface area (Å²) in [5.74, 6) is 0.860. The van der Waals surface area contributed by atoms with Gasteiger partial charge in [-0.3, -0.25) is 14.9 Å². The van der Waals surface area contributed by atoms with Gasteiger partial charge in [-0.15, -0.1) is 0 Å². The SMILES string of the molecule is CC1CC(C)CN(c2ccc(C(=O)N(C)C3CCNCC3)cc2[N+](=O)[O-])C1. The van der Waals surface area contributed by atoms with Gasteiger partial charge in [-0.1, -0.05) is 13.8 Å². The number of piperidine rings is 2. The highest BCUT2D eigenvalue weighted by Gasteiger charge is 2.29. The maximum absolute atomic E-state index is 12.9. The van der Waals surface area contributed by atoms with Crippen molar-refractivity contribution in [3.8, 4) is 0 Å². The van der Waals surface area contributed by atoms with Crippen LogP contribution in [0.3, 0.4) is 0 Å². The molecule has 1 aromatic rings. The standard InChI is InChI=1S/C20H30N4O3/c1-14-10-15(2)13-23(12-14)18-5-4-16(11-19(18)24(26)27)20(25)22(3)17-6-8-21-9-7-17/h4-5,11,14-15,17,21H,6-10,12-13H2,1-3H3. The van der Waals surface area contributed by atoms with Crippen molar-refractivity contribution in [3.63, 3.8) is 0 Å². The van der Waals surface area contributed by atoms with E-state index in [-0.39, 0.29) is 22.6 Å². The molecule has 7 heteroatoms. The number of carbonyl (C=O) groups excluding carboxylic acids is 1. The lowest BCUT2D eigenvalue weighted by molar-refractivity contribution is -0.384. The molecule has 0 spiro atoms. The number of hydrogen-bond acceptors (Lipinski definition) is 5. The third-order valence-electron chi connectivity index (χ3n) is 5.81. The molecular formula is C20H30N4O3. The van der Waals surface area contributed by atoms with Crippen molar-refractivity contribution < 1.29 is 9.72 Å². The van der Waals surface area contributed by atoms with Crippen LogP contribution in [0.2, 0.25) is 0 Å². The van der Waals surface area contributed by atoms with Crippen LogP contribution in [0.1, 0.15) is 43.5 Å². The van der Waals surface area contributed by atoms with E-state index in [9.17, 15) is 14.9 Å². The van der Waals surface area contributed by atoms with E-state index >= 15 is 0 Å². The summed E-state index contributed by atoms with van der Waals surface area (Å²) in [7, 11) is 1.80. The first kappa shape index (κ1) is 19.6. The van der Waals surface area contributed by atoms with Gasteiger partial charge in [-0.25, -0.2) is 0 Å². The van der Waals surface area contributed by atoms with E-state index in [4.69, 9.17) is 0 Å². The molecule has 0 bridgehead atoms. The minimum absolute atomic E-state index is 0.0286. The summed E-state index contributed by atoms with van der Waals surface area (Å²) >= 11 is 0. The highest BCUT2D eigenvalue weighted by atomic mass is 16.6. The summed E-state index contributed by atoms with van der Waals surface area (Å²) in [4.78, 5) is 28.1.